The number of carbonyl (C=O) groups excluding carboxylic acids is 1. The Labute approximate surface area is 195 Å². The van der Waals surface area contributed by atoms with Gasteiger partial charge in [0.25, 0.3) is 5.56 Å². The fourth-order valence-corrected chi connectivity index (χ4v) is 4.39. The zero-order chi connectivity index (χ0) is 24.6. The molecule has 1 aliphatic rings. The average Bonchev–Trinajstić information content (AvgIpc) is 3.09. The first kappa shape index (κ1) is 23.9. The molecule has 1 fully saturated rings. The highest BCUT2D eigenvalue weighted by molar-refractivity contribution is 5.78. The van der Waals surface area contributed by atoms with Crippen molar-refractivity contribution in [2.24, 2.45) is 0 Å². The first-order chi connectivity index (χ1) is 16.0. The van der Waals surface area contributed by atoms with Crippen molar-refractivity contribution in [3.8, 4) is 0 Å². The number of hydrogen-bond acceptors (Lipinski definition) is 7. The summed E-state index contributed by atoms with van der Waals surface area (Å²) < 4.78 is 6.79. The first-order valence-corrected chi connectivity index (χ1v) is 11.1. The van der Waals surface area contributed by atoms with E-state index in [1.165, 1.54) is 22.6 Å². The summed E-state index contributed by atoms with van der Waals surface area (Å²) in [6, 6.07) is 4.96. The summed E-state index contributed by atoms with van der Waals surface area (Å²) in [6.07, 6.45) is 0.313. The van der Waals surface area contributed by atoms with Gasteiger partial charge in [0.2, 0.25) is 5.91 Å². The predicted molar refractivity (Wildman–Crippen MR) is 123 cm³/mol. The number of rotatable bonds is 5. The van der Waals surface area contributed by atoms with Crippen molar-refractivity contribution in [2.45, 2.75) is 51.5 Å². The third-order valence-electron chi connectivity index (χ3n) is 6.18. The second-order valence-electron chi connectivity index (χ2n) is 9.21. The molecule has 0 unspecified atom stereocenters. The standard InChI is InChI=1S/C23H29N5O6/c1-13-4-5-16-17(6-13)25-19(24-16)11-34-12-20(30)27-9-15(29)7-23(3,33)18(10-27)28-8-14(2)21(31)26-22(28)32/h4-6,8,15,18,29,33H,7,9-12H2,1-3H3,(H,24,25)(H,26,31,32)/t15-,18+,23+/m1/s1. The van der Waals surface area contributed by atoms with E-state index in [1.54, 1.807) is 6.92 Å². The van der Waals surface area contributed by atoms with Crippen LogP contribution in [0.5, 0.6) is 0 Å². The van der Waals surface area contributed by atoms with E-state index in [2.05, 4.69) is 15.0 Å². The van der Waals surface area contributed by atoms with E-state index in [1.807, 2.05) is 25.1 Å². The molecule has 2 aromatic heterocycles. The molecule has 1 aliphatic heterocycles. The Morgan fingerprint density at radius 3 is 2.79 bits per heavy atom. The van der Waals surface area contributed by atoms with Crippen LogP contribution >= 0.6 is 0 Å². The number of carbonyl (C=O) groups is 1. The second kappa shape index (κ2) is 9.16. The molecular weight excluding hydrogens is 442 g/mol. The lowest BCUT2D eigenvalue weighted by atomic mass is 9.91. The van der Waals surface area contributed by atoms with Gasteiger partial charge in [0.1, 0.15) is 19.0 Å². The van der Waals surface area contributed by atoms with Crippen molar-refractivity contribution in [3.63, 3.8) is 0 Å². The summed E-state index contributed by atoms with van der Waals surface area (Å²) in [5.74, 6) is 0.184. The number of aliphatic hydroxyl groups excluding tert-OH is 1. The van der Waals surface area contributed by atoms with Crippen molar-refractivity contribution in [1.29, 1.82) is 0 Å². The number of ether oxygens (including phenoxy) is 1. The molecule has 3 aromatic rings. The highest BCUT2D eigenvalue weighted by Gasteiger charge is 2.41. The Morgan fingerprint density at radius 2 is 2.03 bits per heavy atom. The highest BCUT2D eigenvalue weighted by Crippen LogP contribution is 2.31. The maximum atomic E-state index is 12.9. The Morgan fingerprint density at radius 1 is 1.26 bits per heavy atom. The molecule has 0 radical (unpaired) electrons. The normalized spacial score (nSPS) is 23.3. The van der Waals surface area contributed by atoms with E-state index in [9.17, 15) is 24.6 Å². The minimum atomic E-state index is -1.50. The van der Waals surface area contributed by atoms with Gasteiger partial charge >= 0.3 is 5.69 Å². The number of benzene rings is 1. The van der Waals surface area contributed by atoms with Crippen LogP contribution in [0.15, 0.2) is 34.0 Å². The van der Waals surface area contributed by atoms with Gasteiger partial charge in [0, 0.05) is 31.3 Å². The third-order valence-corrected chi connectivity index (χ3v) is 6.18. The van der Waals surface area contributed by atoms with Gasteiger partial charge in [0.05, 0.1) is 28.8 Å². The average molecular weight is 472 g/mol. The minimum Gasteiger partial charge on any atom is -0.391 e. The quantitative estimate of drug-likeness (QED) is 0.412. The van der Waals surface area contributed by atoms with Gasteiger partial charge in [-0.1, -0.05) is 6.07 Å². The van der Waals surface area contributed by atoms with Crippen LogP contribution in [0.4, 0.5) is 0 Å². The molecule has 0 spiro atoms. The van der Waals surface area contributed by atoms with Crippen LogP contribution in [-0.4, -0.2) is 71.9 Å². The molecule has 34 heavy (non-hydrogen) atoms. The molecule has 11 heteroatoms. The number of aromatic nitrogens is 4. The fourth-order valence-electron chi connectivity index (χ4n) is 4.39. The summed E-state index contributed by atoms with van der Waals surface area (Å²) >= 11 is 0. The van der Waals surface area contributed by atoms with Crippen molar-refractivity contribution < 1.29 is 19.7 Å². The molecule has 0 saturated carbocycles. The Bertz CT molecular complexity index is 1320. The molecular formula is C23H29N5O6. The van der Waals surface area contributed by atoms with Gasteiger partial charge in [0.15, 0.2) is 0 Å². The number of aliphatic hydroxyl groups is 2. The van der Waals surface area contributed by atoms with Crippen molar-refractivity contribution in [1.82, 2.24) is 24.4 Å². The lowest BCUT2D eigenvalue weighted by Crippen LogP contribution is -2.48. The molecule has 182 valence electrons. The summed E-state index contributed by atoms with van der Waals surface area (Å²) in [6.45, 7) is 4.80. The van der Waals surface area contributed by atoms with E-state index in [0.717, 1.165) is 16.6 Å². The van der Waals surface area contributed by atoms with Crippen LogP contribution in [0.3, 0.4) is 0 Å². The van der Waals surface area contributed by atoms with Crippen LogP contribution < -0.4 is 11.2 Å². The number of fused-ring (bicyclic) bond motifs is 1. The van der Waals surface area contributed by atoms with Gasteiger partial charge in [-0.3, -0.25) is 19.1 Å². The number of nitrogens with one attached hydrogen (secondary N) is 2. The molecule has 3 heterocycles. The monoisotopic (exact) mass is 471 g/mol. The van der Waals surface area contributed by atoms with Gasteiger partial charge < -0.3 is 24.8 Å². The zero-order valence-electron chi connectivity index (χ0n) is 19.4. The summed E-state index contributed by atoms with van der Waals surface area (Å²) in [5, 5.41) is 21.5. The Hall–Kier alpha value is -3.28. The number of H-pyrrole nitrogens is 2. The number of aromatic amines is 2. The van der Waals surface area contributed by atoms with Crippen molar-refractivity contribution in [3.05, 3.63) is 62.2 Å². The lowest BCUT2D eigenvalue weighted by Gasteiger charge is -2.34. The van der Waals surface area contributed by atoms with Gasteiger partial charge in [-0.25, -0.2) is 9.78 Å². The molecule has 1 saturated heterocycles. The number of likely N-dealkylation sites (tertiary alicyclic amines) is 1. The molecule has 1 amide bonds. The Kier molecular flexibility index (Phi) is 6.43. The van der Waals surface area contributed by atoms with Crippen LogP contribution in [0, 0.1) is 13.8 Å². The molecule has 1 aromatic carbocycles. The summed E-state index contributed by atoms with van der Waals surface area (Å²) in [4.78, 5) is 48.4. The number of imidazole rings is 1. The molecule has 0 aliphatic carbocycles. The minimum absolute atomic E-state index is 0.0180. The Balaban J connectivity index is 1.48. The maximum Gasteiger partial charge on any atom is 0.328 e. The van der Waals surface area contributed by atoms with Gasteiger partial charge in [-0.05, 0) is 38.5 Å². The molecule has 11 nitrogen and oxygen atoms in total. The van der Waals surface area contributed by atoms with E-state index in [-0.39, 0.29) is 32.7 Å². The van der Waals surface area contributed by atoms with E-state index in [0.29, 0.717) is 11.4 Å². The zero-order valence-corrected chi connectivity index (χ0v) is 19.4. The van der Waals surface area contributed by atoms with Crippen LogP contribution in [0.2, 0.25) is 0 Å². The maximum absolute atomic E-state index is 12.9. The van der Waals surface area contributed by atoms with Gasteiger partial charge in [-0.2, -0.15) is 0 Å². The summed E-state index contributed by atoms with van der Waals surface area (Å²) in [5.41, 5.74) is 0.363. The van der Waals surface area contributed by atoms with Gasteiger partial charge in [-0.15, -0.1) is 0 Å². The summed E-state index contributed by atoms with van der Waals surface area (Å²) in [7, 11) is 0. The van der Waals surface area contributed by atoms with Crippen molar-refractivity contribution in [2.75, 3.05) is 19.7 Å². The van der Waals surface area contributed by atoms with Crippen molar-refractivity contribution >= 4 is 16.9 Å². The molecule has 4 rings (SSSR count). The molecule has 3 atom stereocenters. The van der Waals surface area contributed by atoms with Crippen LogP contribution in [0.25, 0.3) is 11.0 Å². The van der Waals surface area contributed by atoms with Crippen LogP contribution in [-0.2, 0) is 16.1 Å². The molecule has 0 bridgehead atoms. The number of aryl methyl sites for hydroxylation is 2. The number of β-amino-alcohol motifs (C(OH)–C–C–N with tert-alkyl or cyclic N) is 1. The SMILES string of the molecule is Cc1ccc2nc(COCC(=O)N3C[C@H](O)C[C@](C)(O)[C@@H](n4cc(C)c(=O)[nH]c4=O)C3)[nH]c2c1. The second-order valence-corrected chi connectivity index (χ2v) is 9.21. The smallest absolute Gasteiger partial charge is 0.328 e. The third kappa shape index (κ3) is 4.96. The highest BCUT2D eigenvalue weighted by atomic mass is 16.5. The fraction of sp³-hybridized carbons (Fsp3) is 0.478. The number of hydrogen-bond donors (Lipinski definition) is 4. The largest absolute Gasteiger partial charge is 0.391 e. The topological polar surface area (TPSA) is 154 Å². The number of amides is 1. The lowest BCUT2D eigenvalue weighted by molar-refractivity contribution is -0.138. The predicted octanol–water partition coefficient (Wildman–Crippen LogP) is 0.132. The van der Waals surface area contributed by atoms with E-state index >= 15 is 0 Å². The number of nitrogens with zero attached hydrogens (tertiary/aromatic N) is 3. The van der Waals surface area contributed by atoms with Crippen LogP contribution in [0.1, 0.15) is 36.3 Å². The first-order valence-electron chi connectivity index (χ1n) is 11.1. The van der Waals surface area contributed by atoms with E-state index < -0.39 is 34.9 Å². The molecule has 4 N–H and O–H groups in total. The van der Waals surface area contributed by atoms with E-state index in [4.69, 9.17) is 4.74 Å².